The molecule has 0 amide bonds. The summed E-state index contributed by atoms with van der Waals surface area (Å²) in [5.74, 6) is 1.04. The van der Waals surface area contributed by atoms with Gasteiger partial charge >= 0.3 is 0 Å². The Morgan fingerprint density at radius 1 is 1.11 bits per heavy atom. The molecule has 0 aliphatic carbocycles. The van der Waals surface area contributed by atoms with Gasteiger partial charge in [0.15, 0.2) is 5.82 Å². The monoisotopic (exact) mass is 486 g/mol. The minimum Gasteiger partial charge on any atom is -0.381 e. The maximum atomic E-state index is 8.19. The topological polar surface area (TPSA) is 78.4 Å². The van der Waals surface area contributed by atoms with Gasteiger partial charge in [-0.1, -0.05) is 6.58 Å². The number of benzene rings is 1. The zero-order valence-corrected chi connectivity index (χ0v) is 21.2. The number of aryl methyl sites for hydroxylation is 1. The highest BCUT2D eigenvalue weighted by atomic mass is 16.5. The first-order valence-corrected chi connectivity index (χ1v) is 12.8. The highest BCUT2D eigenvalue weighted by molar-refractivity contribution is 5.95. The van der Waals surface area contributed by atoms with Crippen molar-refractivity contribution in [2.75, 3.05) is 49.7 Å². The van der Waals surface area contributed by atoms with Crippen LogP contribution in [0.2, 0.25) is 0 Å². The summed E-state index contributed by atoms with van der Waals surface area (Å²) in [5, 5.41) is 17.9. The molecule has 0 spiro atoms. The second kappa shape index (κ2) is 9.13. The number of ether oxygens (including phenoxy) is 1. The molecule has 3 aromatic rings. The highest BCUT2D eigenvalue weighted by Gasteiger charge is 2.33. The molecule has 3 aliphatic rings. The quantitative estimate of drug-likeness (QED) is 0.554. The lowest BCUT2D eigenvalue weighted by Gasteiger charge is -2.37. The van der Waals surface area contributed by atoms with Crippen LogP contribution in [-0.2, 0) is 24.8 Å². The third-order valence-corrected chi connectivity index (χ3v) is 7.82. The summed E-state index contributed by atoms with van der Waals surface area (Å²) < 4.78 is 9.77. The molecule has 0 bridgehead atoms. The van der Waals surface area contributed by atoms with Crippen LogP contribution < -0.4 is 9.80 Å². The number of anilines is 3. The Kier molecular flexibility index (Phi) is 5.79. The number of hydrogen-bond donors (Lipinski definition) is 1. The van der Waals surface area contributed by atoms with E-state index in [1.165, 1.54) is 17.5 Å². The van der Waals surface area contributed by atoms with Gasteiger partial charge in [0.2, 0.25) is 0 Å². The van der Waals surface area contributed by atoms with Gasteiger partial charge < -0.3 is 24.8 Å². The minimum atomic E-state index is 0.383. The predicted molar refractivity (Wildman–Crippen MR) is 142 cm³/mol. The molecule has 0 unspecified atom stereocenters. The van der Waals surface area contributed by atoms with E-state index in [0.717, 1.165) is 92.5 Å². The Morgan fingerprint density at radius 3 is 2.67 bits per heavy atom. The van der Waals surface area contributed by atoms with E-state index in [1.807, 2.05) is 25.6 Å². The molecular weight excluding hydrogens is 452 g/mol. The molecule has 188 valence electrons. The van der Waals surface area contributed by atoms with Crippen LogP contribution >= 0.6 is 0 Å². The fourth-order valence-electron chi connectivity index (χ4n) is 5.81. The fourth-order valence-corrected chi connectivity index (χ4v) is 5.81. The van der Waals surface area contributed by atoms with Crippen molar-refractivity contribution in [3.8, 4) is 11.1 Å². The standard InChI is InChI=1S/C27H34N8O/c1-4-33-8-5-24-23(18-33)27(30-35(24)21-6-11-36-12-7-21)34-10-9-31(2)25-14-22(19(15-28)13-26(25)34)20-16-29-32(3)17-20/h4,13-17,21,28H,1,5-12,18H2,2-3H3. The van der Waals surface area contributed by atoms with Crippen molar-refractivity contribution < 1.29 is 4.74 Å². The Bertz CT molecular complexity index is 1300. The van der Waals surface area contributed by atoms with Crippen molar-refractivity contribution in [3.63, 3.8) is 0 Å². The zero-order chi connectivity index (χ0) is 24.8. The molecule has 1 N–H and O–H groups in total. The number of rotatable bonds is 5. The van der Waals surface area contributed by atoms with Gasteiger partial charge in [-0.15, -0.1) is 0 Å². The van der Waals surface area contributed by atoms with E-state index in [4.69, 9.17) is 15.2 Å². The Labute approximate surface area is 212 Å². The molecule has 0 atom stereocenters. The Balaban J connectivity index is 1.48. The molecule has 0 saturated carbocycles. The summed E-state index contributed by atoms with van der Waals surface area (Å²) in [6.07, 6.45) is 10.2. The van der Waals surface area contributed by atoms with E-state index in [2.05, 4.69) is 50.2 Å². The van der Waals surface area contributed by atoms with Gasteiger partial charge in [0.1, 0.15) is 0 Å². The van der Waals surface area contributed by atoms with Crippen molar-refractivity contribution in [1.29, 1.82) is 5.41 Å². The average molecular weight is 487 g/mol. The van der Waals surface area contributed by atoms with Crippen LogP contribution in [-0.4, -0.2) is 70.6 Å². The largest absolute Gasteiger partial charge is 0.381 e. The van der Waals surface area contributed by atoms with E-state index in [1.54, 1.807) is 4.68 Å². The van der Waals surface area contributed by atoms with E-state index in [-0.39, 0.29) is 0 Å². The van der Waals surface area contributed by atoms with E-state index >= 15 is 0 Å². The summed E-state index contributed by atoms with van der Waals surface area (Å²) in [5.41, 5.74) is 7.84. The van der Waals surface area contributed by atoms with Crippen LogP contribution in [0.1, 0.15) is 35.7 Å². The van der Waals surface area contributed by atoms with Crippen molar-refractivity contribution in [2.45, 2.75) is 31.8 Å². The van der Waals surface area contributed by atoms with E-state index < -0.39 is 0 Å². The van der Waals surface area contributed by atoms with E-state index in [9.17, 15) is 0 Å². The van der Waals surface area contributed by atoms with Gasteiger partial charge in [-0.2, -0.15) is 10.2 Å². The van der Waals surface area contributed by atoms with Crippen LogP contribution in [0, 0.1) is 5.41 Å². The number of likely N-dealkylation sites (N-methyl/N-ethyl adjacent to an activating group) is 1. The average Bonchev–Trinajstić information content (AvgIpc) is 3.52. The molecular formula is C27H34N8O. The first-order chi connectivity index (χ1) is 17.6. The number of nitrogens with zero attached hydrogens (tertiary/aromatic N) is 7. The van der Waals surface area contributed by atoms with Crippen molar-refractivity contribution in [2.24, 2.45) is 7.05 Å². The first-order valence-electron chi connectivity index (χ1n) is 12.8. The number of fused-ring (bicyclic) bond motifs is 2. The lowest BCUT2D eigenvalue weighted by Crippen LogP contribution is -2.37. The number of aromatic nitrogens is 4. The third kappa shape index (κ3) is 3.78. The molecule has 1 aromatic carbocycles. The van der Waals surface area contributed by atoms with Gasteiger partial charge in [0.25, 0.3) is 0 Å². The summed E-state index contributed by atoms with van der Waals surface area (Å²) in [6, 6.07) is 4.74. The highest BCUT2D eigenvalue weighted by Crippen LogP contribution is 2.43. The molecule has 9 heteroatoms. The van der Waals surface area contributed by atoms with Crippen LogP contribution in [0.5, 0.6) is 0 Å². The van der Waals surface area contributed by atoms with Crippen LogP contribution in [0.15, 0.2) is 37.3 Å². The lowest BCUT2D eigenvalue weighted by atomic mass is 9.98. The maximum Gasteiger partial charge on any atom is 0.160 e. The van der Waals surface area contributed by atoms with Gasteiger partial charge in [-0.25, -0.2) is 0 Å². The molecule has 6 rings (SSSR count). The molecule has 0 radical (unpaired) electrons. The first kappa shape index (κ1) is 22.8. The van der Waals surface area contributed by atoms with Crippen molar-refractivity contribution in [3.05, 3.63) is 54.1 Å². The second-order valence-corrected chi connectivity index (χ2v) is 9.99. The van der Waals surface area contributed by atoms with E-state index in [0.29, 0.717) is 6.04 Å². The Hall–Kier alpha value is -3.59. The minimum absolute atomic E-state index is 0.383. The molecule has 2 aromatic heterocycles. The molecule has 9 nitrogen and oxygen atoms in total. The molecule has 1 fully saturated rings. The number of hydrogen-bond acceptors (Lipinski definition) is 7. The normalized spacial score (nSPS) is 18.2. The van der Waals surface area contributed by atoms with Gasteiger partial charge in [-0.05, 0) is 36.7 Å². The second-order valence-electron chi connectivity index (χ2n) is 9.99. The summed E-state index contributed by atoms with van der Waals surface area (Å²) in [4.78, 5) is 6.96. The molecule has 5 heterocycles. The molecule has 36 heavy (non-hydrogen) atoms. The number of nitrogens with one attached hydrogen (secondary N) is 1. The van der Waals surface area contributed by atoms with Gasteiger partial charge in [0, 0.05) is 94.7 Å². The van der Waals surface area contributed by atoms with Gasteiger partial charge in [-0.3, -0.25) is 9.36 Å². The summed E-state index contributed by atoms with van der Waals surface area (Å²) in [6.45, 7) is 9.16. The fraction of sp³-hybridized carbons (Fsp3) is 0.444. The summed E-state index contributed by atoms with van der Waals surface area (Å²) in [7, 11) is 4.06. The smallest absolute Gasteiger partial charge is 0.160 e. The maximum absolute atomic E-state index is 8.19. The zero-order valence-electron chi connectivity index (χ0n) is 21.2. The SMILES string of the molecule is C=CN1CCc2c(c(N3CCN(C)c4cc(-c5cnn(C)c5)c(C=N)cc43)nn2C2CCOCC2)C1. The molecule has 3 aliphatic heterocycles. The van der Waals surface area contributed by atoms with Crippen LogP contribution in [0.3, 0.4) is 0 Å². The summed E-state index contributed by atoms with van der Waals surface area (Å²) >= 11 is 0. The van der Waals surface area contributed by atoms with Crippen molar-refractivity contribution >= 4 is 23.4 Å². The van der Waals surface area contributed by atoms with Crippen LogP contribution in [0.25, 0.3) is 11.1 Å². The Morgan fingerprint density at radius 2 is 1.94 bits per heavy atom. The lowest BCUT2D eigenvalue weighted by molar-refractivity contribution is 0.0652. The predicted octanol–water partition coefficient (Wildman–Crippen LogP) is 3.72. The van der Waals surface area contributed by atoms with Crippen LogP contribution in [0.4, 0.5) is 17.2 Å². The third-order valence-electron chi connectivity index (χ3n) is 7.82. The molecule has 1 saturated heterocycles. The van der Waals surface area contributed by atoms with Crippen molar-refractivity contribution in [1.82, 2.24) is 24.5 Å². The van der Waals surface area contributed by atoms with Gasteiger partial charge in [0.05, 0.1) is 23.6 Å².